The normalized spacial score (nSPS) is 11.8. The molecule has 0 bridgehead atoms. The van der Waals surface area contributed by atoms with E-state index in [1.54, 1.807) is 18.2 Å². The molecule has 25 heavy (non-hydrogen) atoms. The number of benzene rings is 1. The van der Waals surface area contributed by atoms with Crippen molar-refractivity contribution in [3.63, 3.8) is 0 Å². The SMILES string of the molecule is CC(=O)OCCOc1nc(Oc2ccc3c(c2)CON3)ccc1C#N. The van der Waals surface area contributed by atoms with Crippen LogP contribution >= 0.6 is 0 Å². The Hall–Kier alpha value is -3.31. The van der Waals surface area contributed by atoms with Gasteiger partial charge >= 0.3 is 5.97 Å². The third-order valence-electron chi connectivity index (χ3n) is 3.29. The maximum atomic E-state index is 10.7. The molecule has 1 N–H and O–H groups in total. The van der Waals surface area contributed by atoms with Crippen molar-refractivity contribution in [3.05, 3.63) is 41.5 Å². The van der Waals surface area contributed by atoms with Crippen LogP contribution in [0.25, 0.3) is 0 Å². The molecule has 2 heterocycles. The molecule has 0 atom stereocenters. The quantitative estimate of drug-likeness (QED) is 0.631. The van der Waals surface area contributed by atoms with Gasteiger partial charge in [0.1, 0.15) is 37.2 Å². The molecule has 0 saturated carbocycles. The summed E-state index contributed by atoms with van der Waals surface area (Å²) in [4.78, 5) is 20.1. The lowest BCUT2D eigenvalue weighted by Gasteiger charge is -2.10. The van der Waals surface area contributed by atoms with E-state index < -0.39 is 5.97 Å². The molecular formula is C17H15N3O5. The monoisotopic (exact) mass is 341 g/mol. The first-order valence-corrected chi connectivity index (χ1v) is 7.51. The Morgan fingerprint density at radius 3 is 3.04 bits per heavy atom. The average molecular weight is 341 g/mol. The predicted octanol–water partition coefficient (Wildman–Crippen LogP) is 2.54. The number of esters is 1. The van der Waals surface area contributed by atoms with E-state index in [1.807, 2.05) is 18.2 Å². The van der Waals surface area contributed by atoms with Crippen LogP contribution in [0.5, 0.6) is 17.5 Å². The van der Waals surface area contributed by atoms with Gasteiger partial charge in [0, 0.05) is 18.6 Å². The fourth-order valence-electron chi connectivity index (χ4n) is 2.16. The van der Waals surface area contributed by atoms with Gasteiger partial charge in [-0.05, 0) is 24.3 Å². The molecule has 0 aliphatic carbocycles. The Labute approximate surface area is 143 Å². The molecule has 1 aliphatic rings. The number of aromatic nitrogens is 1. The number of nitriles is 1. The van der Waals surface area contributed by atoms with Gasteiger partial charge in [0.2, 0.25) is 11.8 Å². The lowest BCUT2D eigenvalue weighted by molar-refractivity contribution is -0.141. The summed E-state index contributed by atoms with van der Waals surface area (Å²) in [6.07, 6.45) is 0. The van der Waals surface area contributed by atoms with E-state index in [0.717, 1.165) is 11.3 Å². The maximum absolute atomic E-state index is 10.7. The second-order valence-electron chi connectivity index (χ2n) is 5.11. The molecule has 1 aromatic heterocycles. The summed E-state index contributed by atoms with van der Waals surface area (Å²) in [7, 11) is 0. The molecule has 8 heteroatoms. The molecule has 0 saturated heterocycles. The van der Waals surface area contributed by atoms with Crippen LogP contribution in [0.4, 0.5) is 5.69 Å². The van der Waals surface area contributed by atoms with E-state index in [0.29, 0.717) is 12.4 Å². The van der Waals surface area contributed by atoms with Crippen LogP contribution in [0.2, 0.25) is 0 Å². The van der Waals surface area contributed by atoms with E-state index in [-0.39, 0.29) is 30.5 Å². The van der Waals surface area contributed by atoms with Crippen molar-refractivity contribution in [2.75, 3.05) is 18.7 Å². The van der Waals surface area contributed by atoms with Gasteiger partial charge < -0.3 is 14.2 Å². The summed E-state index contributed by atoms with van der Waals surface area (Å²) in [5, 5.41) is 9.13. The van der Waals surface area contributed by atoms with Crippen LogP contribution < -0.4 is 15.0 Å². The minimum absolute atomic E-state index is 0.0742. The number of ether oxygens (including phenoxy) is 3. The van der Waals surface area contributed by atoms with Gasteiger partial charge in [-0.2, -0.15) is 10.2 Å². The number of hydrogen-bond donors (Lipinski definition) is 1. The highest BCUT2D eigenvalue weighted by Crippen LogP contribution is 2.30. The van der Waals surface area contributed by atoms with E-state index in [9.17, 15) is 4.79 Å². The van der Waals surface area contributed by atoms with E-state index in [2.05, 4.69) is 10.5 Å². The standard InChI is InChI=1S/C17H15N3O5/c1-11(21)22-6-7-23-17-12(9-18)2-5-16(19-17)25-14-3-4-15-13(8-14)10-24-20-15/h2-5,8,20H,6-7,10H2,1H3. The topological polar surface area (TPSA) is 103 Å². The first kappa shape index (κ1) is 16.5. The van der Waals surface area contributed by atoms with Crippen molar-refractivity contribution in [2.24, 2.45) is 0 Å². The molecular weight excluding hydrogens is 326 g/mol. The first-order valence-electron chi connectivity index (χ1n) is 7.51. The van der Waals surface area contributed by atoms with Crippen molar-refractivity contribution in [2.45, 2.75) is 13.5 Å². The number of nitrogens with one attached hydrogen (secondary N) is 1. The van der Waals surface area contributed by atoms with Gasteiger partial charge in [0.15, 0.2) is 0 Å². The average Bonchev–Trinajstić information content (AvgIpc) is 3.06. The zero-order chi connectivity index (χ0) is 17.6. The van der Waals surface area contributed by atoms with Crippen molar-refractivity contribution >= 4 is 11.7 Å². The lowest BCUT2D eigenvalue weighted by atomic mass is 10.2. The molecule has 128 valence electrons. The van der Waals surface area contributed by atoms with Crippen molar-refractivity contribution < 1.29 is 23.8 Å². The number of fused-ring (bicyclic) bond motifs is 1. The Bertz CT molecular complexity index is 832. The minimum atomic E-state index is -0.399. The number of pyridine rings is 1. The summed E-state index contributed by atoms with van der Waals surface area (Å²) in [6.45, 7) is 1.93. The van der Waals surface area contributed by atoms with Gasteiger partial charge in [-0.3, -0.25) is 15.1 Å². The van der Waals surface area contributed by atoms with Crippen LogP contribution in [-0.2, 0) is 21.0 Å². The molecule has 8 nitrogen and oxygen atoms in total. The number of carbonyl (C=O) groups excluding carboxylic acids is 1. The summed E-state index contributed by atoms with van der Waals surface area (Å²) >= 11 is 0. The third-order valence-corrected chi connectivity index (χ3v) is 3.29. The van der Waals surface area contributed by atoms with E-state index in [4.69, 9.17) is 24.3 Å². The highest BCUT2D eigenvalue weighted by Gasteiger charge is 2.13. The predicted molar refractivity (Wildman–Crippen MR) is 86.0 cm³/mol. The zero-order valence-corrected chi connectivity index (χ0v) is 13.4. The smallest absolute Gasteiger partial charge is 0.302 e. The highest BCUT2D eigenvalue weighted by atomic mass is 16.6. The maximum Gasteiger partial charge on any atom is 0.302 e. The largest absolute Gasteiger partial charge is 0.473 e. The second-order valence-corrected chi connectivity index (χ2v) is 5.11. The van der Waals surface area contributed by atoms with Crippen LogP contribution in [0.3, 0.4) is 0 Å². The van der Waals surface area contributed by atoms with Crippen LogP contribution in [0.1, 0.15) is 18.1 Å². The molecule has 1 aromatic carbocycles. The Morgan fingerprint density at radius 1 is 1.36 bits per heavy atom. The highest BCUT2D eigenvalue weighted by molar-refractivity contribution is 5.65. The summed E-state index contributed by atoms with van der Waals surface area (Å²) in [5.74, 6) is 0.602. The number of carbonyl (C=O) groups is 1. The fourth-order valence-corrected chi connectivity index (χ4v) is 2.16. The molecule has 0 spiro atoms. The molecule has 0 amide bonds. The Morgan fingerprint density at radius 2 is 2.24 bits per heavy atom. The third kappa shape index (κ3) is 4.16. The molecule has 3 rings (SSSR count). The first-order chi connectivity index (χ1) is 12.2. The van der Waals surface area contributed by atoms with Crippen molar-refractivity contribution in [1.82, 2.24) is 4.98 Å². The summed E-state index contributed by atoms with van der Waals surface area (Å²) in [5.41, 5.74) is 4.93. The van der Waals surface area contributed by atoms with Gasteiger partial charge in [-0.25, -0.2) is 0 Å². The number of hydrogen-bond acceptors (Lipinski definition) is 8. The van der Waals surface area contributed by atoms with Gasteiger partial charge in [0.25, 0.3) is 0 Å². The second kappa shape index (κ2) is 7.51. The van der Waals surface area contributed by atoms with Gasteiger partial charge in [-0.1, -0.05) is 0 Å². The molecule has 0 fully saturated rings. The molecule has 0 unspecified atom stereocenters. The Kier molecular flexibility index (Phi) is 4.97. The zero-order valence-electron chi connectivity index (χ0n) is 13.4. The van der Waals surface area contributed by atoms with Crippen molar-refractivity contribution in [1.29, 1.82) is 5.26 Å². The Balaban J connectivity index is 1.70. The van der Waals surface area contributed by atoms with Crippen molar-refractivity contribution in [3.8, 4) is 23.6 Å². The molecule has 2 aromatic rings. The molecule has 1 aliphatic heterocycles. The number of nitrogens with zero attached hydrogens (tertiary/aromatic N) is 2. The fraction of sp³-hybridized carbons (Fsp3) is 0.235. The number of anilines is 1. The van der Waals surface area contributed by atoms with E-state index >= 15 is 0 Å². The molecule has 0 radical (unpaired) electrons. The minimum Gasteiger partial charge on any atom is -0.473 e. The van der Waals surface area contributed by atoms with Crippen LogP contribution in [0.15, 0.2) is 30.3 Å². The van der Waals surface area contributed by atoms with E-state index in [1.165, 1.54) is 6.92 Å². The van der Waals surface area contributed by atoms with Gasteiger partial charge in [-0.15, -0.1) is 0 Å². The summed E-state index contributed by atoms with van der Waals surface area (Å²) in [6, 6.07) is 10.6. The van der Waals surface area contributed by atoms with Gasteiger partial charge in [0.05, 0.1) is 5.69 Å². The lowest BCUT2D eigenvalue weighted by Crippen LogP contribution is -2.11. The number of rotatable bonds is 6. The van der Waals surface area contributed by atoms with Crippen LogP contribution in [-0.4, -0.2) is 24.2 Å². The van der Waals surface area contributed by atoms with Crippen LogP contribution in [0, 0.1) is 11.3 Å². The summed E-state index contributed by atoms with van der Waals surface area (Å²) < 4.78 is 15.9.